The maximum atomic E-state index is 12.5. The number of pyridine rings is 1. The van der Waals surface area contributed by atoms with Gasteiger partial charge in [0.2, 0.25) is 0 Å². The number of nitrogens with zero attached hydrogens (tertiary/aromatic N) is 1. The molecule has 1 saturated carbocycles. The molecule has 0 saturated heterocycles. The number of benzene rings is 2. The van der Waals surface area contributed by atoms with Crippen molar-refractivity contribution in [2.75, 3.05) is 11.1 Å². The first-order chi connectivity index (χ1) is 13.4. The van der Waals surface area contributed by atoms with Gasteiger partial charge < -0.3 is 15.8 Å². The zero-order valence-corrected chi connectivity index (χ0v) is 16.2. The predicted molar refractivity (Wildman–Crippen MR) is 111 cm³/mol. The van der Waals surface area contributed by atoms with Crippen molar-refractivity contribution in [3.05, 3.63) is 82.5 Å². The van der Waals surface area contributed by atoms with E-state index in [1.165, 1.54) is 6.20 Å². The number of carbonyl (C=O) groups is 1. The lowest BCUT2D eigenvalue weighted by Crippen LogP contribution is -2.18. The van der Waals surface area contributed by atoms with Crippen molar-refractivity contribution in [1.29, 1.82) is 0 Å². The van der Waals surface area contributed by atoms with E-state index in [2.05, 4.69) is 10.3 Å². The van der Waals surface area contributed by atoms with Gasteiger partial charge >= 0.3 is 0 Å². The molecule has 1 fully saturated rings. The van der Waals surface area contributed by atoms with E-state index in [4.69, 9.17) is 22.1 Å². The normalized spacial score (nSPS) is 14.4. The van der Waals surface area contributed by atoms with Crippen LogP contribution in [0.4, 0.5) is 11.5 Å². The first-order valence-corrected chi connectivity index (χ1v) is 9.42. The van der Waals surface area contributed by atoms with Crippen LogP contribution in [-0.4, -0.2) is 10.9 Å². The number of aromatic nitrogens is 1. The molecule has 0 spiro atoms. The van der Waals surface area contributed by atoms with E-state index in [-0.39, 0.29) is 5.91 Å². The zero-order valence-electron chi connectivity index (χ0n) is 15.4. The van der Waals surface area contributed by atoms with E-state index < -0.39 is 5.60 Å². The number of nitrogens with one attached hydrogen (secondary N) is 1. The Balaban J connectivity index is 1.55. The second-order valence-electron chi connectivity index (χ2n) is 7.04. The molecule has 1 aliphatic rings. The number of nitrogens with two attached hydrogens (primary N) is 1. The summed E-state index contributed by atoms with van der Waals surface area (Å²) in [5.41, 5.74) is 8.82. The van der Waals surface area contributed by atoms with Crippen LogP contribution in [0.3, 0.4) is 0 Å². The summed E-state index contributed by atoms with van der Waals surface area (Å²) in [5, 5.41) is 3.43. The summed E-state index contributed by atoms with van der Waals surface area (Å²) in [6.07, 6.45) is 3.20. The Kier molecular flexibility index (Phi) is 4.69. The van der Waals surface area contributed by atoms with E-state index in [1.807, 2.05) is 49.4 Å². The molecule has 6 heteroatoms. The molecule has 0 radical (unpaired) electrons. The van der Waals surface area contributed by atoms with Crippen molar-refractivity contribution < 1.29 is 9.53 Å². The van der Waals surface area contributed by atoms with Crippen molar-refractivity contribution in [1.82, 2.24) is 4.98 Å². The molecule has 142 valence electrons. The van der Waals surface area contributed by atoms with E-state index in [1.54, 1.807) is 12.1 Å². The van der Waals surface area contributed by atoms with Crippen LogP contribution in [0.25, 0.3) is 0 Å². The highest BCUT2D eigenvalue weighted by molar-refractivity contribution is 6.30. The van der Waals surface area contributed by atoms with E-state index in [0.29, 0.717) is 22.2 Å². The topological polar surface area (TPSA) is 77.2 Å². The van der Waals surface area contributed by atoms with Crippen LogP contribution >= 0.6 is 11.6 Å². The van der Waals surface area contributed by atoms with Crippen LogP contribution in [0.5, 0.6) is 5.75 Å². The lowest BCUT2D eigenvalue weighted by Gasteiger charge is -2.20. The largest absolute Gasteiger partial charge is 0.479 e. The highest BCUT2D eigenvalue weighted by atomic mass is 35.5. The first kappa shape index (κ1) is 18.3. The van der Waals surface area contributed by atoms with Gasteiger partial charge in [0.1, 0.15) is 5.60 Å². The van der Waals surface area contributed by atoms with Gasteiger partial charge in [-0.15, -0.1) is 0 Å². The molecule has 3 aromatic rings. The second-order valence-corrected chi connectivity index (χ2v) is 7.47. The number of amides is 1. The lowest BCUT2D eigenvalue weighted by atomic mass is 10.1. The van der Waals surface area contributed by atoms with Crippen LogP contribution < -0.4 is 15.8 Å². The number of ether oxygens (including phenoxy) is 1. The molecule has 1 heterocycles. The molecule has 0 atom stereocenters. The van der Waals surface area contributed by atoms with Gasteiger partial charge in [-0.2, -0.15) is 0 Å². The minimum Gasteiger partial charge on any atom is -0.479 e. The standard InChI is InChI=1S/C22H20ClN3O2/c1-14-4-2-5-15(10-14)21(27)26-18-7-3-6-16(11-18)22(8-9-22)28-19-12-17(23)13-25-20(19)24/h2-7,10-13H,8-9H2,1H3,(H2,24,25)(H,26,27). The summed E-state index contributed by atoms with van der Waals surface area (Å²) in [5.74, 6) is 0.633. The number of hydrogen-bond donors (Lipinski definition) is 2. The molecule has 0 aliphatic heterocycles. The van der Waals surface area contributed by atoms with Gasteiger partial charge in [0.15, 0.2) is 11.6 Å². The SMILES string of the molecule is Cc1cccc(C(=O)Nc2cccc(C3(Oc4cc(Cl)cnc4N)CC3)c2)c1. The Morgan fingerprint density at radius 2 is 1.96 bits per heavy atom. The summed E-state index contributed by atoms with van der Waals surface area (Å²) in [6, 6.07) is 16.9. The summed E-state index contributed by atoms with van der Waals surface area (Å²) in [6.45, 7) is 1.96. The molecular weight excluding hydrogens is 374 g/mol. The molecule has 5 nitrogen and oxygen atoms in total. The van der Waals surface area contributed by atoms with E-state index >= 15 is 0 Å². The Morgan fingerprint density at radius 1 is 1.18 bits per heavy atom. The molecule has 1 amide bonds. The molecule has 3 N–H and O–H groups in total. The van der Waals surface area contributed by atoms with Gasteiger partial charge in [-0.1, -0.05) is 41.4 Å². The fourth-order valence-corrected chi connectivity index (χ4v) is 3.30. The van der Waals surface area contributed by atoms with Crippen molar-refractivity contribution in [3.63, 3.8) is 0 Å². The number of carbonyl (C=O) groups excluding carboxylic acids is 1. The third-order valence-electron chi connectivity index (χ3n) is 4.78. The van der Waals surface area contributed by atoms with Crippen LogP contribution in [0, 0.1) is 6.92 Å². The molecule has 1 aliphatic carbocycles. The van der Waals surface area contributed by atoms with Gasteiger partial charge in [0.05, 0.1) is 5.02 Å². The van der Waals surface area contributed by atoms with Gasteiger partial charge in [-0.05, 0) is 49.6 Å². The monoisotopic (exact) mass is 393 g/mol. The van der Waals surface area contributed by atoms with E-state index in [0.717, 1.165) is 29.7 Å². The zero-order chi connectivity index (χ0) is 19.7. The van der Waals surface area contributed by atoms with Crippen LogP contribution in [-0.2, 0) is 5.60 Å². The van der Waals surface area contributed by atoms with Crippen molar-refractivity contribution in [2.24, 2.45) is 0 Å². The minimum absolute atomic E-state index is 0.144. The lowest BCUT2D eigenvalue weighted by molar-refractivity contribution is 0.102. The number of anilines is 2. The third-order valence-corrected chi connectivity index (χ3v) is 4.99. The number of aryl methyl sites for hydroxylation is 1. The van der Waals surface area contributed by atoms with Crippen LogP contribution in [0.2, 0.25) is 5.02 Å². The maximum Gasteiger partial charge on any atom is 0.255 e. The first-order valence-electron chi connectivity index (χ1n) is 9.04. The van der Waals surface area contributed by atoms with Crippen molar-refractivity contribution >= 4 is 29.0 Å². The van der Waals surface area contributed by atoms with E-state index in [9.17, 15) is 4.79 Å². The van der Waals surface area contributed by atoms with Gasteiger partial charge in [-0.25, -0.2) is 4.98 Å². The Hall–Kier alpha value is -3.05. The Bertz CT molecular complexity index is 1050. The Morgan fingerprint density at radius 3 is 2.71 bits per heavy atom. The molecule has 28 heavy (non-hydrogen) atoms. The van der Waals surface area contributed by atoms with Crippen molar-refractivity contribution in [3.8, 4) is 5.75 Å². The van der Waals surface area contributed by atoms with Gasteiger partial charge in [-0.3, -0.25) is 4.79 Å². The fraction of sp³-hybridized carbons (Fsp3) is 0.182. The van der Waals surface area contributed by atoms with Crippen LogP contribution in [0.1, 0.15) is 34.3 Å². The predicted octanol–water partition coefficient (Wildman–Crippen LogP) is 4.95. The molecule has 2 aromatic carbocycles. The molecule has 4 rings (SSSR count). The van der Waals surface area contributed by atoms with Gasteiger partial charge in [0, 0.05) is 23.5 Å². The van der Waals surface area contributed by atoms with Crippen molar-refractivity contribution in [2.45, 2.75) is 25.4 Å². The highest BCUT2D eigenvalue weighted by Gasteiger charge is 2.47. The Labute approximate surface area is 168 Å². The summed E-state index contributed by atoms with van der Waals surface area (Å²) < 4.78 is 6.19. The highest BCUT2D eigenvalue weighted by Crippen LogP contribution is 2.50. The summed E-state index contributed by atoms with van der Waals surface area (Å²) in [4.78, 5) is 16.6. The molecule has 0 unspecified atom stereocenters. The number of rotatable bonds is 5. The maximum absolute atomic E-state index is 12.5. The number of hydrogen-bond acceptors (Lipinski definition) is 4. The average Bonchev–Trinajstić information content (AvgIpc) is 3.46. The second kappa shape index (κ2) is 7.17. The number of halogens is 1. The minimum atomic E-state index is -0.468. The fourth-order valence-electron chi connectivity index (χ4n) is 3.16. The van der Waals surface area contributed by atoms with Gasteiger partial charge in [0.25, 0.3) is 5.91 Å². The summed E-state index contributed by atoms with van der Waals surface area (Å²) >= 11 is 6.02. The smallest absolute Gasteiger partial charge is 0.255 e. The average molecular weight is 394 g/mol. The molecule has 0 bridgehead atoms. The molecule has 1 aromatic heterocycles. The van der Waals surface area contributed by atoms with Crippen LogP contribution in [0.15, 0.2) is 60.8 Å². The number of nitrogen functional groups attached to an aromatic ring is 1. The third kappa shape index (κ3) is 3.80. The quantitative estimate of drug-likeness (QED) is 0.643. The summed E-state index contributed by atoms with van der Waals surface area (Å²) in [7, 11) is 0. The molecular formula is C22H20ClN3O2.